The third-order valence-corrected chi connectivity index (χ3v) is 8.52. The highest BCUT2D eigenvalue weighted by molar-refractivity contribution is 8.76. The van der Waals surface area contributed by atoms with Gasteiger partial charge in [0.1, 0.15) is 24.3 Å². The molecule has 3 unspecified atom stereocenters. The maximum absolute atomic E-state index is 14.7. The SMILES string of the molecule is CC(OC1COP(O[C@H]2CSSC[C@@H]2OCc2ccccc2)O[C@H]1F)n1ccc(N)nc1=O. The van der Waals surface area contributed by atoms with Crippen LogP contribution in [0.15, 0.2) is 47.4 Å². The first-order valence-electron chi connectivity index (χ1n) is 10.3. The lowest BCUT2D eigenvalue weighted by atomic mass is 10.2. The van der Waals surface area contributed by atoms with Crippen molar-refractivity contribution in [2.75, 3.05) is 23.8 Å². The molecule has 6 atom stereocenters. The molecule has 3 heterocycles. The fraction of sp³-hybridized carbons (Fsp3) is 0.500. The molecular weight excluding hydrogens is 492 g/mol. The van der Waals surface area contributed by atoms with Crippen molar-refractivity contribution in [3.8, 4) is 0 Å². The number of anilines is 1. The van der Waals surface area contributed by atoms with E-state index in [1.165, 1.54) is 16.8 Å². The molecule has 4 rings (SSSR count). The fourth-order valence-electron chi connectivity index (χ4n) is 3.15. The first kappa shape index (κ1) is 24.9. The van der Waals surface area contributed by atoms with Crippen molar-refractivity contribution in [2.24, 2.45) is 0 Å². The molecule has 1 aromatic heterocycles. The van der Waals surface area contributed by atoms with Gasteiger partial charge in [-0.3, -0.25) is 9.09 Å². The zero-order valence-electron chi connectivity index (χ0n) is 17.8. The van der Waals surface area contributed by atoms with E-state index in [-0.39, 0.29) is 24.6 Å². The van der Waals surface area contributed by atoms with Crippen molar-refractivity contribution in [3.05, 3.63) is 58.6 Å². The predicted molar refractivity (Wildman–Crippen MR) is 126 cm³/mol. The van der Waals surface area contributed by atoms with Gasteiger partial charge in [-0.05, 0) is 18.6 Å². The van der Waals surface area contributed by atoms with Crippen molar-refractivity contribution < 1.29 is 27.4 Å². The minimum atomic E-state index is -1.90. The Hall–Kier alpha value is -1.24. The van der Waals surface area contributed by atoms with E-state index in [4.69, 9.17) is 28.8 Å². The zero-order valence-corrected chi connectivity index (χ0v) is 20.3. The number of rotatable bonds is 8. The van der Waals surface area contributed by atoms with Gasteiger partial charge in [-0.25, -0.2) is 9.18 Å². The number of alkyl halides is 1. The van der Waals surface area contributed by atoms with Gasteiger partial charge in [0.2, 0.25) is 6.36 Å². The summed E-state index contributed by atoms with van der Waals surface area (Å²) in [7, 11) is 1.49. The third-order valence-electron chi connectivity index (χ3n) is 4.93. The Labute approximate surface area is 199 Å². The third kappa shape index (κ3) is 6.89. The number of hydrogen-bond acceptors (Lipinski definition) is 10. The second-order valence-corrected chi connectivity index (χ2v) is 11.0. The summed E-state index contributed by atoms with van der Waals surface area (Å²) in [5, 5.41) is 0. The molecule has 2 aliphatic heterocycles. The Bertz CT molecular complexity index is 961. The number of halogens is 1. The highest BCUT2D eigenvalue weighted by Gasteiger charge is 2.39. The van der Waals surface area contributed by atoms with Crippen LogP contribution in [0.4, 0.5) is 10.2 Å². The molecule has 2 saturated heterocycles. The summed E-state index contributed by atoms with van der Waals surface area (Å²) in [6, 6.07) is 11.4. The number of hydrogen-bond donors (Lipinski definition) is 1. The van der Waals surface area contributed by atoms with E-state index in [1.807, 2.05) is 30.3 Å². The highest BCUT2D eigenvalue weighted by atomic mass is 33.1. The average molecular weight is 518 g/mol. The van der Waals surface area contributed by atoms with Crippen LogP contribution in [-0.4, -0.2) is 52.3 Å². The quantitative estimate of drug-likeness (QED) is 0.412. The van der Waals surface area contributed by atoms with Gasteiger partial charge >= 0.3 is 14.3 Å². The maximum Gasteiger partial charge on any atom is 0.351 e. The topological polar surface area (TPSA) is 107 Å². The molecule has 9 nitrogen and oxygen atoms in total. The molecule has 13 heteroatoms. The molecule has 2 fully saturated rings. The van der Waals surface area contributed by atoms with Gasteiger partial charge in [0.25, 0.3) is 0 Å². The normalized spacial score (nSPS) is 29.0. The average Bonchev–Trinajstić information content (AvgIpc) is 2.81. The van der Waals surface area contributed by atoms with Gasteiger partial charge in [-0.1, -0.05) is 51.9 Å². The molecule has 1 aromatic carbocycles. The minimum absolute atomic E-state index is 0.0709. The fourth-order valence-corrected chi connectivity index (χ4v) is 6.86. The molecule has 33 heavy (non-hydrogen) atoms. The molecule has 0 spiro atoms. The largest absolute Gasteiger partial charge is 0.383 e. The van der Waals surface area contributed by atoms with Crippen molar-refractivity contribution in [3.63, 3.8) is 0 Å². The lowest BCUT2D eigenvalue weighted by Gasteiger charge is -2.36. The van der Waals surface area contributed by atoms with Gasteiger partial charge in [0, 0.05) is 17.7 Å². The monoisotopic (exact) mass is 517 g/mol. The number of ether oxygens (including phenoxy) is 2. The van der Waals surface area contributed by atoms with E-state index in [9.17, 15) is 9.18 Å². The lowest BCUT2D eigenvalue weighted by Crippen LogP contribution is -2.41. The van der Waals surface area contributed by atoms with E-state index >= 15 is 0 Å². The van der Waals surface area contributed by atoms with Gasteiger partial charge < -0.3 is 24.3 Å². The molecule has 0 amide bonds. The van der Waals surface area contributed by atoms with Crippen LogP contribution in [-0.2, 0) is 29.7 Å². The summed E-state index contributed by atoms with van der Waals surface area (Å²) in [4.78, 5) is 15.6. The molecule has 0 bridgehead atoms. The van der Waals surface area contributed by atoms with Crippen molar-refractivity contribution in [2.45, 2.75) is 44.4 Å². The molecule has 2 aliphatic rings. The maximum atomic E-state index is 14.7. The van der Waals surface area contributed by atoms with Crippen molar-refractivity contribution >= 4 is 36.0 Å². The van der Waals surface area contributed by atoms with Crippen molar-refractivity contribution in [1.29, 1.82) is 0 Å². The van der Waals surface area contributed by atoms with Crippen LogP contribution in [0.5, 0.6) is 0 Å². The standard InChI is InChI=1S/C20H25FN3O6PS2/c1-13(24-8-7-18(22)23-20(24)25)28-15-10-27-31(30-19(15)21)29-17-12-33-32-11-16(17)26-9-14-5-3-2-4-6-14/h2-8,13,15-17,19H,9-12H2,1H3,(H2,22,23,25)/t13?,15?,16-,17-,19+,31?/m0/s1. The second-order valence-electron chi connectivity index (χ2n) is 7.34. The van der Waals surface area contributed by atoms with E-state index in [2.05, 4.69) is 4.98 Å². The lowest BCUT2D eigenvalue weighted by molar-refractivity contribution is -0.170. The van der Waals surface area contributed by atoms with Crippen LogP contribution < -0.4 is 11.4 Å². The first-order valence-corrected chi connectivity index (χ1v) is 13.9. The Kier molecular flexibility index (Phi) is 9.00. The summed E-state index contributed by atoms with van der Waals surface area (Å²) in [6.45, 7) is 2.00. The summed E-state index contributed by atoms with van der Waals surface area (Å²) in [5.74, 6) is 1.53. The summed E-state index contributed by atoms with van der Waals surface area (Å²) < 4.78 is 44.5. The van der Waals surface area contributed by atoms with E-state index < -0.39 is 33.0 Å². The number of nitrogens with two attached hydrogens (primary N) is 1. The second kappa shape index (κ2) is 11.9. The van der Waals surface area contributed by atoms with Crippen LogP contribution >= 0.6 is 30.2 Å². The van der Waals surface area contributed by atoms with Crippen LogP contribution in [0.1, 0.15) is 18.7 Å². The molecule has 180 valence electrons. The van der Waals surface area contributed by atoms with E-state index in [0.29, 0.717) is 12.4 Å². The number of aromatic nitrogens is 2. The summed E-state index contributed by atoms with van der Waals surface area (Å²) in [5.41, 5.74) is 5.98. The first-order chi connectivity index (χ1) is 16.0. The Morgan fingerprint density at radius 3 is 2.73 bits per heavy atom. The zero-order chi connectivity index (χ0) is 23.2. The van der Waals surface area contributed by atoms with Gasteiger partial charge in [0.15, 0.2) is 0 Å². The highest BCUT2D eigenvalue weighted by Crippen LogP contribution is 2.49. The molecule has 0 radical (unpaired) electrons. The van der Waals surface area contributed by atoms with Crippen LogP contribution in [0.2, 0.25) is 0 Å². The predicted octanol–water partition coefficient (Wildman–Crippen LogP) is 3.66. The van der Waals surface area contributed by atoms with Crippen LogP contribution in [0.25, 0.3) is 0 Å². The molecule has 2 N–H and O–H groups in total. The molecular formula is C20H25FN3O6PS2. The van der Waals surface area contributed by atoms with Crippen LogP contribution in [0.3, 0.4) is 0 Å². The van der Waals surface area contributed by atoms with E-state index in [0.717, 1.165) is 11.3 Å². The minimum Gasteiger partial charge on any atom is -0.383 e. The molecule has 0 aliphatic carbocycles. The number of nitrogen functional groups attached to an aromatic ring is 1. The Balaban J connectivity index is 1.28. The summed E-state index contributed by atoms with van der Waals surface area (Å²) >= 11 is 0. The Morgan fingerprint density at radius 1 is 1.24 bits per heavy atom. The Morgan fingerprint density at radius 2 is 2.00 bits per heavy atom. The number of nitrogens with zero attached hydrogens (tertiary/aromatic N) is 2. The number of benzene rings is 1. The molecule has 2 aromatic rings. The van der Waals surface area contributed by atoms with Gasteiger partial charge in [-0.15, -0.1) is 0 Å². The van der Waals surface area contributed by atoms with Gasteiger partial charge in [-0.2, -0.15) is 4.98 Å². The summed E-state index contributed by atoms with van der Waals surface area (Å²) in [6.07, 6.45) is -2.57. The molecule has 0 saturated carbocycles. The van der Waals surface area contributed by atoms with Crippen LogP contribution in [0, 0.1) is 0 Å². The van der Waals surface area contributed by atoms with Crippen molar-refractivity contribution in [1.82, 2.24) is 9.55 Å². The van der Waals surface area contributed by atoms with E-state index in [1.54, 1.807) is 28.5 Å². The smallest absolute Gasteiger partial charge is 0.351 e. The van der Waals surface area contributed by atoms with Gasteiger partial charge in [0.05, 0.1) is 19.3 Å².